The average molecular weight is 294 g/mol. The summed E-state index contributed by atoms with van der Waals surface area (Å²) in [7, 11) is 0. The average Bonchev–Trinajstić information content (AvgIpc) is 3.07. The molecule has 106 valence electrons. The van der Waals surface area contributed by atoms with Gasteiger partial charge < -0.3 is 14.8 Å². The van der Waals surface area contributed by atoms with E-state index in [1.165, 1.54) is 10.9 Å². The molecule has 0 bridgehead atoms. The number of thiazole rings is 1. The van der Waals surface area contributed by atoms with E-state index >= 15 is 0 Å². The molecule has 0 unspecified atom stereocenters. The highest BCUT2D eigenvalue weighted by Gasteiger charge is 2.14. The topological polar surface area (TPSA) is 92.4 Å². The van der Waals surface area contributed by atoms with Crippen molar-refractivity contribution >= 4 is 23.2 Å². The van der Waals surface area contributed by atoms with Crippen molar-refractivity contribution in [2.75, 3.05) is 6.54 Å². The van der Waals surface area contributed by atoms with E-state index in [2.05, 4.69) is 17.2 Å². The van der Waals surface area contributed by atoms with Gasteiger partial charge in [-0.25, -0.2) is 9.78 Å². The van der Waals surface area contributed by atoms with E-state index in [0.29, 0.717) is 13.0 Å². The number of aryl methyl sites for hydroxylation is 1. The first-order valence-electron chi connectivity index (χ1n) is 6.13. The number of nitrogens with zero attached hydrogens (tertiary/aromatic N) is 1. The van der Waals surface area contributed by atoms with Crippen molar-refractivity contribution < 1.29 is 19.1 Å². The van der Waals surface area contributed by atoms with Crippen molar-refractivity contribution in [1.29, 1.82) is 0 Å². The van der Waals surface area contributed by atoms with Gasteiger partial charge in [-0.15, -0.1) is 11.3 Å². The van der Waals surface area contributed by atoms with Gasteiger partial charge in [-0.05, 0) is 6.42 Å². The van der Waals surface area contributed by atoms with Gasteiger partial charge in [-0.3, -0.25) is 4.79 Å². The number of carboxylic acid groups (broad SMARTS) is 1. The van der Waals surface area contributed by atoms with Crippen LogP contribution in [0.3, 0.4) is 0 Å². The maximum absolute atomic E-state index is 11.7. The third-order valence-corrected chi connectivity index (χ3v) is 3.85. The van der Waals surface area contributed by atoms with E-state index < -0.39 is 11.9 Å². The summed E-state index contributed by atoms with van der Waals surface area (Å²) < 4.78 is 4.91. The number of rotatable bonds is 6. The minimum absolute atomic E-state index is 0.00390. The Morgan fingerprint density at radius 3 is 2.90 bits per heavy atom. The van der Waals surface area contributed by atoms with Crippen LogP contribution < -0.4 is 5.32 Å². The largest absolute Gasteiger partial charge is 0.478 e. The number of hydrogen-bond acceptors (Lipinski definition) is 5. The smallest absolute Gasteiger partial charge is 0.338 e. The molecular weight excluding hydrogens is 280 g/mol. The molecule has 0 aliphatic heterocycles. The molecule has 0 aromatic carbocycles. The van der Waals surface area contributed by atoms with Gasteiger partial charge in [0.15, 0.2) is 5.76 Å². The second-order valence-corrected chi connectivity index (χ2v) is 5.28. The SMILES string of the molecule is CCc1cnc(CCNC(=O)c2cc(C(=O)O)co2)s1. The van der Waals surface area contributed by atoms with Crippen LogP contribution in [0, 0.1) is 0 Å². The van der Waals surface area contributed by atoms with E-state index in [4.69, 9.17) is 9.52 Å². The molecule has 20 heavy (non-hydrogen) atoms. The predicted molar refractivity (Wildman–Crippen MR) is 73.2 cm³/mol. The lowest BCUT2D eigenvalue weighted by molar-refractivity contribution is 0.0696. The van der Waals surface area contributed by atoms with Crippen LogP contribution in [0.5, 0.6) is 0 Å². The fraction of sp³-hybridized carbons (Fsp3) is 0.308. The number of carbonyl (C=O) groups is 2. The van der Waals surface area contributed by atoms with Gasteiger partial charge in [0.25, 0.3) is 5.91 Å². The fourth-order valence-electron chi connectivity index (χ4n) is 1.56. The highest BCUT2D eigenvalue weighted by atomic mass is 32.1. The molecule has 2 N–H and O–H groups in total. The number of carbonyl (C=O) groups excluding carboxylic acids is 1. The molecule has 7 heteroatoms. The Morgan fingerprint density at radius 2 is 2.30 bits per heavy atom. The van der Waals surface area contributed by atoms with Crippen LogP contribution in [0.2, 0.25) is 0 Å². The summed E-state index contributed by atoms with van der Waals surface area (Å²) in [6.45, 7) is 2.49. The Bertz CT molecular complexity index is 617. The predicted octanol–water partition coefficient (Wildman–Crippen LogP) is 1.97. The lowest BCUT2D eigenvalue weighted by Gasteiger charge is -2.00. The Balaban J connectivity index is 1.83. The van der Waals surface area contributed by atoms with Crippen molar-refractivity contribution in [3.63, 3.8) is 0 Å². The van der Waals surface area contributed by atoms with E-state index in [1.54, 1.807) is 11.3 Å². The minimum Gasteiger partial charge on any atom is -0.478 e. The van der Waals surface area contributed by atoms with Crippen LogP contribution >= 0.6 is 11.3 Å². The summed E-state index contributed by atoms with van der Waals surface area (Å²) in [4.78, 5) is 27.8. The molecular formula is C13H14N2O4S. The minimum atomic E-state index is -1.12. The van der Waals surface area contributed by atoms with Crippen LogP contribution in [0.15, 0.2) is 22.9 Å². The first-order chi connectivity index (χ1) is 9.60. The lowest BCUT2D eigenvalue weighted by atomic mass is 10.3. The van der Waals surface area contributed by atoms with Gasteiger partial charge in [-0.1, -0.05) is 6.92 Å². The van der Waals surface area contributed by atoms with E-state index in [-0.39, 0.29) is 11.3 Å². The van der Waals surface area contributed by atoms with E-state index in [9.17, 15) is 9.59 Å². The lowest BCUT2D eigenvalue weighted by Crippen LogP contribution is -2.25. The van der Waals surface area contributed by atoms with Crippen molar-refractivity contribution in [3.8, 4) is 0 Å². The summed E-state index contributed by atoms with van der Waals surface area (Å²) in [6.07, 6.45) is 4.48. The zero-order valence-corrected chi connectivity index (χ0v) is 11.7. The second-order valence-electron chi connectivity index (χ2n) is 4.08. The standard InChI is InChI=1S/C13H14N2O4S/c1-2-9-6-15-11(20-9)3-4-14-12(16)10-5-8(7-19-10)13(17)18/h5-7H,2-4H2,1H3,(H,14,16)(H,17,18). The maximum atomic E-state index is 11.7. The van der Waals surface area contributed by atoms with Gasteiger partial charge in [0.05, 0.1) is 10.6 Å². The Kier molecular flexibility index (Phi) is 4.52. The van der Waals surface area contributed by atoms with Gasteiger partial charge in [0.2, 0.25) is 0 Å². The molecule has 1 amide bonds. The van der Waals surface area contributed by atoms with E-state index in [0.717, 1.165) is 17.7 Å². The highest BCUT2D eigenvalue weighted by Crippen LogP contribution is 2.13. The molecule has 0 aliphatic carbocycles. The first kappa shape index (κ1) is 14.3. The van der Waals surface area contributed by atoms with Crippen molar-refractivity contribution in [3.05, 3.63) is 39.7 Å². The molecule has 0 spiro atoms. The Morgan fingerprint density at radius 1 is 1.50 bits per heavy atom. The van der Waals surface area contributed by atoms with Crippen LogP contribution in [0.4, 0.5) is 0 Å². The first-order valence-corrected chi connectivity index (χ1v) is 6.95. The molecule has 0 atom stereocenters. The normalized spacial score (nSPS) is 10.4. The van der Waals surface area contributed by atoms with Crippen LogP contribution in [-0.2, 0) is 12.8 Å². The number of amides is 1. The number of furan rings is 1. The zero-order valence-electron chi connectivity index (χ0n) is 10.9. The van der Waals surface area contributed by atoms with E-state index in [1.807, 2.05) is 6.20 Å². The molecule has 0 aliphatic rings. The second kappa shape index (κ2) is 6.33. The molecule has 2 heterocycles. The molecule has 0 radical (unpaired) electrons. The van der Waals surface area contributed by atoms with Gasteiger partial charge >= 0.3 is 5.97 Å². The van der Waals surface area contributed by atoms with Crippen LogP contribution in [0.25, 0.3) is 0 Å². The number of nitrogens with one attached hydrogen (secondary N) is 1. The molecule has 6 nitrogen and oxygen atoms in total. The third-order valence-electron chi connectivity index (χ3n) is 2.64. The molecule has 0 saturated carbocycles. The molecule has 0 saturated heterocycles. The number of hydrogen-bond donors (Lipinski definition) is 2. The monoisotopic (exact) mass is 294 g/mol. The van der Waals surface area contributed by atoms with Gasteiger partial charge in [0.1, 0.15) is 6.26 Å². The summed E-state index contributed by atoms with van der Waals surface area (Å²) in [6, 6.07) is 1.20. The molecule has 2 aromatic heterocycles. The molecule has 2 aromatic rings. The van der Waals surface area contributed by atoms with Crippen molar-refractivity contribution in [1.82, 2.24) is 10.3 Å². The number of aromatic nitrogens is 1. The quantitative estimate of drug-likeness (QED) is 0.849. The van der Waals surface area contributed by atoms with Gasteiger partial charge in [-0.2, -0.15) is 0 Å². The highest BCUT2D eigenvalue weighted by molar-refractivity contribution is 7.11. The third kappa shape index (κ3) is 3.45. The number of aromatic carboxylic acids is 1. The van der Waals surface area contributed by atoms with Crippen LogP contribution in [0.1, 0.15) is 37.7 Å². The van der Waals surface area contributed by atoms with Gasteiger partial charge in [0, 0.05) is 30.1 Å². The molecule has 2 rings (SSSR count). The zero-order chi connectivity index (χ0) is 14.5. The summed E-state index contributed by atoms with van der Waals surface area (Å²) in [5, 5.41) is 12.4. The Hall–Kier alpha value is -2.15. The van der Waals surface area contributed by atoms with Crippen molar-refractivity contribution in [2.45, 2.75) is 19.8 Å². The summed E-state index contributed by atoms with van der Waals surface area (Å²) >= 11 is 1.62. The van der Waals surface area contributed by atoms with Crippen molar-refractivity contribution in [2.24, 2.45) is 0 Å². The molecule has 0 fully saturated rings. The number of carboxylic acids is 1. The van der Waals surface area contributed by atoms with Crippen LogP contribution in [-0.4, -0.2) is 28.5 Å². The fourth-order valence-corrected chi connectivity index (χ4v) is 2.43. The summed E-state index contributed by atoms with van der Waals surface area (Å²) in [5.74, 6) is -1.55. The Labute approximate surface area is 119 Å². The summed E-state index contributed by atoms with van der Waals surface area (Å²) in [5.41, 5.74) is -0.0392. The maximum Gasteiger partial charge on any atom is 0.338 e.